The van der Waals surface area contributed by atoms with E-state index >= 15 is 0 Å². The van der Waals surface area contributed by atoms with Gasteiger partial charge in [0.1, 0.15) is 5.84 Å². The molecule has 0 fully saturated rings. The Morgan fingerprint density at radius 3 is 2.67 bits per heavy atom. The molecule has 4 N–H and O–H groups in total. The van der Waals surface area contributed by atoms with E-state index in [0.717, 1.165) is 17.5 Å². The molecule has 110 valence electrons. The smallest absolute Gasteiger partial charge is 0.339 e. The Bertz CT molecular complexity index is 839. The lowest BCUT2D eigenvalue weighted by Gasteiger charge is -2.12. The zero-order valence-corrected chi connectivity index (χ0v) is 12.5. The molecule has 0 atom stereocenters. The molecule has 8 nitrogen and oxygen atoms in total. The van der Waals surface area contributed by atoms with Gasteiger partial charge in [-0.25, -0.2) is 0 Å². The van der Waals surface area contributed by atoms with Crippen LogP contribution in [0, 0.1) is 19.3 Å². The van der Waals surface area contributed by atoms with Crippen molar-refractivity contribution in [1.82, 2.24) is 19.7 Å². The molecule has 0 spiro atoms. The Balaban J connectivity index is 2.59. The highest BCUT2D eigenvalue weighted by atomic mass is 32.2. The van der Waals surface area contributed by atoms with Gasteiger partial charge in [-0.3, -0.25) is 29.8 Å². The van der Waals surface area contributed by atoms with Crippen LogP contribution in [0.5, 0.6) is 0 Å². The lowest BCUT2D eigenvalue weighted by Crippen LogP contribution is -2.33. The lowest BCUT2D eigenvalue weighted by atomic mass is 10.1. The summed E-state index contributed by atoms with van der Waals surface area (Å²) in [6.07, 6.45) is 0. The number of pyridine rings is 1. The summed E-state index contributed by atoms with van der Waals surface area (Å²) >= 11 is 1.14. The third-order valence-corrected chi connectivity index (χ3v) is 3.80. The van der Waals surface area contributed by atoms with Crippen molar-refractivity contribution in [3.05, 3.63) is 43.7 Å². The van der Waals surface area contributed by atoms with Crippen LogP contribution in [0.1, 0.15) is 17.0 Å². The first-order valence-electron chi connectivity index (χ1n) is 5.97. The molecule has 2 rings (SSSR count). The predicted octanol–water partition coefficient (Wildman–Crippen LogP) is -0.0843. The molecule has 0 aromatic carbocycles. The summed E-state index contributed by atoms with van der Waals surface area (Å²) < 4.78 is 1.35. The van der Waals surface area contributed by atoms with Crippen molar-refractivity contribution in [2.75, 3.05) is 0 Å². The first-order valence-corrected chi connectivity index (χ1v) is 6.79. The van der Waals surface area contributed by atoms with Gasteiger partial charge in [0.15, 0.2) is 5.16 Å². The number of nitrogens with two attached hydrogens (primary N) is 1. The van der Waals surface area contributed by atoms with Gasteiger partial charge in [-0.1, -0.05) is 0 Å². The summed E-state index contributed by atoms with van der Waals surface area (Å²) in [5.74, 6) is -0.114. The Kier molecular flexibility index (Phi) is 3.94. The predicted molar refractivity (Wildman–Crippen MR) is 78.9 cm³/mol. The summed E-state index contributed by atoms with van der Waals surface area (Å²) in [5.41, 5.74) is 5.83. The fourth-order valence-electron chi connectivity index (χ4n) is 1.85. The summed E-state index contributed by atoms with van der Waals surface area (Å²) in [5, 5.41) is 10.3. The number of nitrogens with zero attached hydrogens (tertiary/aromatic N) is 3. The molecule has 9 heteroatoms. The van der Waals surface area contributed by atoms with E-state index in [1.165, 1.54) is 4.68 Å². The van der Waals surface area contributed by atoms with Gasteiger partial charge in [0, 0.05) is 23.3 Å². The van der Waals surface area contributed by atoms with Crippen LogP contribution < -0.4 is 16.9 Å². The number of hydrogen-bond acceptors (Lipinski definition) is 6. The second-order valence-corrected chi connectivity index (χ2v) is 5.45. The third-order valence-electron chi connectivity index (χ3n) is 2.71. The van der Waals surface area contributed by atoms with Crippen molar-refractivity contribution >= 4 is 17.6 Å². The van der Waals surface area contributed by atoms with Gasteiger partial charge in [0.05, 0.1) is 5.56 Å². The number of aromatic amines is 1. The fraction of sp³-hybridized carbons (Fsp3) is 0.250. The molecule has 0 aliphatic rings. The van der Waals surface area contributed by atoms with E-state index in [0.29, 0.717) is 21.3 Å². The number of rotatable bonds is 3. The number of nitrogens with one attached hydrogen (secondary N) is 2. The van der Waals surface area contributed by atoms with Gasteiger partial charge in [-0.15, -0.1) is 0 Å². The number of nitrogen functional groups attached to an aromatic ring is 1. The van der Waals surface area contributed by atoms with Crippen molar-refractivity contribution in [3.8, 4) is 0 Å². The van der Waals surface area contributed by atoms with Gasteiger partial charge >= 0.3 is 11.1 Å². The zero-order chi connectivity index (χ0) is 15.7. The summed E-state index contributed by atoms with van der Waals surface area (Å²) in [4.78, 5) is 31.2. The van der Waals surface area contributed by atoms with E-state index in [4.69, 9.17) is 11.1 Å². The first kappa shape index (κ1) is 15.0. The summed E-state index contributed by atoms with van der Waals surface area (Å²) in [6, 6.07) is 1.76. The van der Waals surface area contributed by atoms with E-state index in [9.17, 15) is 9.59 Å². The van der Waals surface area contributed by atoms with Crippen LogP contribution in [-0.4, -0.2) is 25.6 Å². The number of H-pyrrole nitrogens is 1. The molecule has 0 bridgehead atoms. The molecule has 0 saturated heterocycles. The molecule has 0 unspecified atom stereocenters. The van der Waals surface area contributed by atoms with E-state index < -0.39 is 11.1 Å². The average Bonchev–Trinajstić information content (AvgIpc) is 2.34. The number of aryl methyl sites for hydroxylation is 3. The van der Waals surface area contributed by atoms with E-state index in [1.54, 1.807) is 20.0 Å². The van der Waals surface area contributed by atoms with Gasteiger partial charge in [0.25, 0.3) is 0 Å². The molecule has 21 heavy (non-hydrogen) atoms. The van der Waals surface area contributed by atoms with Crippen molar-refractivity contribution in [2.24, 2.45) is 12.8 Å². The molecule has 0 aliphatic heterocycles. The largest absolute Gasteiger partial charge is 0.384 e. The molecule has 0 saturated carbocycles. The standard InChI is InChI=1S/C12H14N6O2S/c1-5-4-7(8(9(13)14)6(2)15-5)21-12-16-10(19)11(20)17-18(12)3/h4H,1-3H3,(H3,13,14)(H,17,20). The molecule has 2 aromatic heterocycles. The van der Waals surface area contributed by atoms with Crippen LogP contribution in [0.25, 0.3) is 0 Å². The molecule has 0 radical (unpaired) electrons. The molecule has 2 aromatic rings. The highest BCUT2D eigenvalue weighted by Gasteiger charge is 2.15. The van der Waals surface area contributed by atoms with Crippen molar-refractivity contribution in [2.45, 2.75) is 23.9 Å². The molecule has 0 amide bonds. The zero-order valence-electron chi connectivity index (χ0n) is 11.7. The Morgan fingerprint density at radius 1 is 1.38 bits per heavy atom. The third kappa shape index (κ3) is 3.02. The van der Waals surface area contributed by atoms with Crippen molar-refractivity contribution in [3.63, 3.8) is 0 Å². The van der Waals surface area contributed by atoms with Crippen LogP contribution in [0.15, 0.2) is 25.7 Å². The highest BCUT2D eigenvalue weighted by molar-refractivity contribution is 7.99. The SMILES string of the molecule is Cc1cc(Sc2nc(=O)c(=O)[nH]n2C)c(C(=N)N)c(C)n1. The molecule has 0 aliphatic carbocycles. The second kappa shape index (κ2) is 5.52. The first-order chi connectivity index (χ1) is 9.79. The lowest BCUT2D eigenvalue weighted by molar-refractivity contribution is 0.596. The molecular weight excluding hydrogens is 292 g/mol. The normalized spacial score (nSPS) is 10.6. The average molecular weight is 306 g/mol. The van der Waals surface area contributed by atoms with Gasteiger partial charge < -0.3 is 5.73 Å². The monoisotopic (exact) mass is 306 g/mol. The van der Waals surface area contributed by atoms with Crippen molar-refractivity contribution in [1.29, 1.82) is 5.41 Å². The molecular formula is C12H14N6O2S. The van der Waals surface area contributed by atoms with Crippen LogP contribution in [-0.2, 0) is 7.05 Å². The fourth-order valence-corrected chi connectivity index (χ4v) is 2.95. The number of aromatic nitrogens is 4. The maximum Gasteiger partial charge on any atom is 0.339 e. The van der Waals surface area contributed by atoms with Gasteiger partial charge in [0.2, 0.25) is 0 Å². The minimum atomic E-state index is -0.859. The summed E-state index contributed by atoms with van der Waals surface area (Å²) in [6.45, 7) is 3.58. The van der Waals surface area contributed by atoms with Crippen LogP contribution in [0.4, 0.5) is 0 Å². The second-order valence-electron chi connectivity index (χ2n) is 4.44. The minimum Gasteiger partial charge on any atom is -0.384 e. The Hall–Kier alpha value is -2.42. The van der Waals surface area contributed by atoms with Crippen molar-refractivity contribution < 1.29 is 0 Å². The Labute approximate surface area is 123 Å². The quantitative estimate of drug-likeness (QED) is 0.413. The minimum absolute atomic E-state index is 0.114. The maximum absolute atomic E-state index is 11.4. The topological polar surface area (TPSA) is 131 Å². The van der Waals surface area contributed by atoms with Crippen LogP contribution in [0.3, 0.4) is 0 Å². The number of amidine groups is 1. The summed E-state index contributed by atoms with van der Waals surface area (Å²) in [7, 11) is 1.57. The maximum atomic E-state index is 11.4. The van der Waals surface area contributed by atoms with Gasteiger partial charge in [-0.2, -0.15) is 4.98 Å². The van der Waals surface area contributed by atoms with E-state index in [-0.39, 0.29) is 5.84 Å². The highest BCUT2D eigenvalue weighted by Crippen LogP contribution is 2.29. The van der Waals surface area contributed by atoms with Crippen LogP contribution >= 0.6 is 11.8 Å². The van der Waals surface area contributed by atoms with E-state index in [1.807, 2.05) is 6.92 Å². The van der Waals surface area contributed by atoms with Crippen LogP contribution in [0.2, 0.25) is 0 Å². The van der Waals surface area contributed by atoms with E-state index in [2.05, 4.69) is 15.1 Å². The van der Waals surface area contributed by atoms with Gasteiger partial charge in [-0.05, 0) is 31.7 Å². The number of hydrogen-bond donors (Lipinski definition) is 3. The molecule has 2 heterocycles. The Morgan fingerprint density at radius 2 is 2.05 bits per heavy atom.